The largest absolute Gasteiger partial charge is 0.497 e. The molecule has 0 saturated carbocycles. The molecule has 0 bridgehead atoms. The predicted molar refractivity (Wildman–Crippen MR) is 147 cm³/mol. The minimum Gasteiger partial charge on any atom is -0.497 e. The van der Waals surface area contributed by atoms with Gasteiger partial charge in [-0.25, -0.2) is 8.42 Å². The predicted octanol–water partition coefficient (Wildman–Crippen LogP) is 4.24. The molecule has 2 heterocycles. The third-order valence-electron chi connectivity index (χ3n) is 6.34. The van der Waals surface area contributed by atoms with Crippen LogP contribution in [0.1, 0.15) is 35.7 Å². The SMILES string of the molecule is COc1ccc(/C=C2/SC(=O)N(CCNC(=O)c3ccc(Cl)c(S(=O)(=O)N4CCC[C@H](C)C4)c3)C2=O)cc1. The standard InChI is InChI=1S/C26H28ClN3O6S2/c1-17-4-3-12-29(16-17)38(34,35)23-15-19(7-10-21(23)27)24(31)28-11-13-30-25(32)22(37-26(30)33)14-18-5-8-20(36-2)9-6-18/h5-10,14-15,17H,3-4,11-13,16H2,1-2H3,(H,28,31)/b22-14+/t17-/m0/s1. The number of sulfonamides is 1. The molecule has 1 N–H and O–H groups in total. The van der Waals surface area contributed by atoms with E-state index in [1.807, 2.05) is 6.92 Å². The maximum atomic E-state index is 13.2. The van der Waals surface area contributed by atoms with Gasteiger partial charge in [-0.05, 0) is 72.5 Å². The van der Waals surface area contributed by atoms with E-state index in [0.29, 0.717) is 18.8 Å². The van der Waals surface area contributed by atoms with Crippen LogP contribution in [0, 0.1) is 5.92 Å². The number of piperidine rings is 1. The van der Waals surface area contributed by atoms with Crippen molar-refractivity contribution in [2.75, 3.05) is 33.3 Å². The summed E-state index contributed by atoms with van der Waals surface area (Å²) in [6, 6.07) is 11.2. The van der Waals surface area contributed by atoms with Crippen LogP contribution in [-0.4, -0.2) is 68.0 Å². The van der Waals surface area contributed by atoms with Gasteiger partial charge in [-0.1, -0.05) is 30.7 Å². The number of benzene rings is 2. The number of ether oxygens (including phenoxy) is 1. The van der Waals surface area contributed by atoms with Gasteiger partial charge in [0, 0.05) is 31.7 Å². The van der Waals surface area contributed by atoms with Crippen LogP contribution in [0.4, 0.5) is 4.79 Å². The molecule has 2 aromatic rings. The zero-order valence-corrected chi connectivity index (χ0v) is 23.4. The van der Waals surface area contributed by atoms with Crippen molar-refractivity contribution in [3.8, 4) is 5.75 Å². The van der Waals surface area contributed by atoms with Crippen LogP contribution in [0.5, 0.6) is 5.75 Å². The van der Waals surface area contributed by atoms with Gasteiger partial charge >= 0.3 is 0 Å². The molecular formula is C26H28ClN3O6S2. The monoisotopic (exact) mass is 577 g/mol. The topological polar surface area (TPSA) is 113 Å². The summed E-state index contributed by atoms with van der Waals surface area (Å²) in [5, 5.41) is 2.26. The molecular weight excluding hydrogens is 550 g/mol. The Morgan fingerprint density at radius 1 is 1.21 bits per heavy atom. The first-order valence-electron chi connectivity index (χ1n) is 12.1. The lowest BCUT2D eigenvalue weighted by atomic mass is 10.0. The first-order valence-corrected chi connectivity index (χ1v) is 14.7. The smallest absolute Gasteiger partial charge is 0.293 e. The Balaban J connectivity index is 1.39. The molecule has 0 spiro atoms. The number of thioether (sulfide) groups is 1. The van der Waals surface area contributed by atoms with Gasteiger partial charge in [0.15, 0.2) is 0 Å². The number of halogens is 1. The van der Waals surface area contributed by atoms with E-state index in [-0.39, 0.29) is 39.4 Å². The van der Waals surface area contributed by atoms with Crippen LogP contribution >= 0.6 is 23.4 Å². The fraction of sp³-hybridized carbons (Fsp3) is 0.346. The number of hydrogen-bond donors (Lipinski definition) is 1. The molecule has 0 radical (unpaired) electrons. The second-order valence-corrected chi connectivity index (χ2v) is 12.4. The Morgan fingerprint density at radius 3 is 2.63 bits per heavy atom. The summed E-state index contributed by atoms with van der Waals surface area (Å²) in [5.41, 5.74) is 0.865. The fourth-order valence-electron chi connectivity index (χ4n) is 4.27. The van der Waals surface area contributed by atoms with Gasteiger partial charge in [-0.2, -0.15) is 4.31 Å². The normalized spacial score (nSPS) is 19.7. The summed E-state index contributed by atoms with van der Waals surface area (Å²) in [6.07, 6.45) is 3.35. The van der Waals surface area contributed by atoms with Crippen molar-refractivity contribution in [2.45, 2.75) is 24.7 Å². The maximum Gasteiger partial charge on any atom is 0.293 e. The molecule has 2 aromatic carbocycles. The first-order chi connectivity index (χ1) is 18.1. The van der Waals surface area contributed by atoms with Gasteiger partial charge in [0.05, 0.1) is 17.0 Å². The molecule has 2 aliphatic heterocycles. The number of amides is 3. The van der Waals surface area contributed by atoms with Crippen LogP contribution in [0.25, 0.3) is 6.08 Å². The molecule has 0 aliphatic carbocycles. The number of carbonyl (C=O) groups is 3. The van der Waals surface area contributed by atoms with Gasteiger partial charge < -0.3 is 10.1 Å². The first kappa shape index (κ1) is 28.2. The number of nitrogens with zero attached hydrogens (tertiary/aromatic N) is 2. The van der Waals surface area contributed by atoms with Crippen molar-refractivity contribution in [1.82, 2.24) is 14.5 Å². The highest BCUT2D eigenvalue weighted by molar-refractivity contribution is 8.18. The van der Waals surface area contributed by atoms with E-state index in [1.54, 1.807) is 37.5 Å². The van der Waals surface area contributed by atoms with Crippen LogP contribution in [0.2, 0.25) is 5.02 Å². The number of carbonyl (C=O) groups excluding carboxylic acids is 3. The highest BCUT2D eigenvalue weighted by atomic mass is 35.5. The Morgan fingerprint density at radius 2 is 1.95 bits per heavy atom. The van der Waals surface area contributed by atoms with Gasteiger partial charge in [0.2, 0.25) is 10.0 Å². The number of hydrogen-bond acceptors (Lipinski definition) is 7. The molecule has 0 unspecified atom stereocenters. The Hall–Kier alpha value is -2.86. The van der Waals surface area contributed by atoms with Crippen LogP contribution in [0.3, 0.4) is 0 Å². The maximum absolute atomic E-state index is 13.2. The van der Waals surface area contributed by atoms with E-state index in [9.17, 15) is 22.8 Å². The second-order valence-electron chi connectivity index (χ2n) is 9.12. The molecule has 12 heteroatoms. The molecule has 1 atom stereocenters. The molecule has 0 aromatic heterocycles. The lowest BCUT2D eigenvalue weighted by molar-refractivity contribution is -0.122. The number of nitrogens with one attached hydrogen (secondary N) is 1. The summed E-state index contributed by atoms with van der Waals surface area (Å²) in [4.78, 5) is 39.2. The minimum atomic E-state index is -3.86. The Labute approximate surface area is 231 Å². The summed E-state index contributed by atoms with van der Waals surface area (Å²) in [7, 11) is -2.30. The summed E-state index contributed by atoms with van der Waals surface area (Å²) >= 11 is 7.05. The van der Waals surface area contributed by atoms with Crippen molar-refractivity contribution in [3.63, 3.8) is 0 Å². The quantitative estimate of drug-likeness (QED) is 0.467. The lowest BCUT2D eigenvalue weighted by Gasteiger charge is -2.30. The van der Waals surface area contributed by atoms with Crippen molar-refractivity contribution < 1.29 is 27.5 Å². The Bertz CT molecular complexity index is 1380. The highest BCUT2D eigenvalue weighted by Gasteiger charge is 2.35. The van der Waals surface area contributed by atoms with Crippen molar-refractivity contribution in [2.24, 2.45) is 5.92 Å². The summed E-state index contributed by atoms with van der Waals surface area (Å²) < 4.78 is 32.9. The molecule has 2 fully saturated rings. The second kappa shape index (κ2) is 11.9. The van der Waals surface area contributed by atoms with E-state index in [1.165, 1.54) is 22.5 Å². The van der Waals surface area contributed by atoms with Crippen molar-refractivity contribution >= 4 is 56.5 Å². The number of methoxy groups -OCH3 is 1. The Kier molecular flexibility index (Phi) is 8.81. The van der Waals surface area contributed by atoms with Crippen LogP contribution in [0.15, 0.2) is 52.3 Å². The number of rotatable bonds is 8. The van der Waals surface area contributed by atoms with E-state index in [2.05, 4.69) is 5.32 Å². The zero-order chi connectivity index (χ0) is 27.4. The van der Waals surface area contributed by atoms with Gasteiger partial charge in [-0.3, -0.25) is 19.3 Å². The van der Waals surface area contributed by atoms with Crippen LogP contribution < -0.4 is 10.1 Å². The highest BCUT2D eigenvalue weighted by Crippen LogP contribution is 2.32. The van der Waals surface area contributed by atoms with E-state index in [0.717, 1.165) is 35.1 Å². The third kappa shape index (κ3) is 6.23. The average Bonchev–Trinajstić information content (AvgIpc) is 3.16. The number of imide groups is 1. The van der Waals surface area contributed by atoms with Crippen molar-refractivity contribution in [1.29, 1.82) is 0 Å². The summed E-state index contributed by atoms with van der Waals surface area (Å²) in [6.45, 7) is 2.78. The fourth-order valence-corrected chi connectivity index (χ4v) is 7.24. The average molecular weight is 578 g/mol. The molecule has 202 valence electrons. The summed E-state index contributed by atoms with van der Waals surface area (Å²) in [5.74, 6) is -0.0615. The molecule has 4 rings (SSSR count). The third-order valence-corrected chi connectivity index (χ3v) is 9.59. The zero-order valence-electron chi connectivity index (χ0n) is 21.0. The van der Waals surface area contributed by atoms with E-state index in [4.69, 9.17) is 16.3 Å². The van der Waals surface area contributed by atoms with E-state index < -0.39 is 27.1 Å². The van der Waals surface area contributed by atoms with Crippen molar-refractivity contribution in [3.05, 3.63) is 63.5 Å². The molecule has 2 saturated heterocycles. The van der Waals surface area contributed by atoms with Gasteiger partial charge in [0.25, 0.3) is 17.1 Å². The molecule has 3 amide bonds. The molecule has 38 heavy (non-hydrogen) atoms. The van der Waals surface area contributed by atoms with Gasteiger partial charge in [-0.15, -0.1) is 0 Å². The minimum absolute atomic E-state index is 0.00103. The van der Waals surface area contributed by atoms with Crippen LogP contribution in [-0.2, 0) is 14.8 Å². The molecule has 9 nitrogen and oxygen atoms in total. The van der Waals surface area contributed by atoms with Gasteiger partial charge in [0.1, 0.15) is 10.6 Å². The molecule has 2 aliphatic rings. The lowest BCUT2D eigenvalue weighted by Crippen LogP contribution is -2.39. The van der Waals surface area contributed by atoms with E-state index >= 15 is 0 Å².